The maximum atomic E-state index is 9.15. The molecular weight excluding hydrogens is 234 g/mol. The van der Waals surface area contributed by atoms with Crippen LogP contribution in [0.1, 0.15) is 5.56 Å². The van der Waals surface area contributed by atoms with E-state index in [4.69, 9.17) is 11.0 Å². The van der Waals surface area contributed by atoms with Crippen molar-refractivity contribution < 1.29 is 0 Å². The fourth-order valence-corrected chi connectivity index (χ4v) is 1.69. The van der Waals surface area contributed by atoms with E-state index in [1.54, 1.807) is 6.07 Å². The maximum absolute atomic E-state index is 9.15. The van der Waals surface area contributed by atoms with Crippen molar-refractivity contribution in [3.63, 3.8) is 0 Å². The highest BCUT2D eigenvalue weighted by atomic mass is 14.9. The molecule has 0 amide bonds. The normalized spacial score (nSPS) is 11.9. The predicted octanol–water partition coefficient (Wildman–Crippen LogP) is 3.29. The highest BCUT2D eigenvalue weighted by Crippen LogP contribution is 2.18. The molecule has 3 nitrogen and oxygen atoms in total. The summed E-state index contributed by atoms with van der Waals surface area (Å²) in [5, 5.41) is 12.2. The summed E-state index contributed by atoms with van der Waals surface area (Å²) in [4.78, 5) is 0. The summed E-state index contributed by atoms with van der Waals surface area (Å²) in [5.41, 5.74) is 8.30. The summed E-state index contributed by atoms with van der Waals surface area (Å²) >= 11 is 0. The Labute approximate surface area is 113 Å². The molecule has 1 atom stereocenters. The van der Waals surface area contributed by atoms with Crippen molar-refractivity contribution in [2.75, 3.05) is 11.1 Å². The number of rotatable bonds is 4. The Morgan fingerprint density at radius 1 is 1.05 bits per heavy atom. The van der Waals surface area contributed by atoms with E-state index in [2.05, 4.69) is 11.4 Å². The van der Waals surface area contributed by atoms with Crippen LogP contribution in [0.4, 0.5) is 11.4 Å². The first-order valence-corrected chi connectivity index (χ1v) is 6.03. The summed E-state index contributed by atoms with van der Waals surface area (Å²) in [6, 6.07) is 19.0. The molecule has 3 N–H and O–H groups in total. The lowest BCUT2D eigenvalue weighted by molar-refractivity contribution is 1.12. The second kappa shape index (κ2) is 6.27. The van der Waals surface area contributed by atoms with Gasteiger partial charge in [-0.3, -0.25) is 0 Å². The Balaban J connectivity index is 2.08. The van der Waals surface area contributed by atoms with Gasteiger partial charge in [0.25, 0.3) is 0 Å². The fraction of sp³-hybridized carbons (Fsp3) is 0.0625. The molecule has 3 heteroatoms. The summed E-state index contributed by atoms with van der Waals surface area (Å²) < 4.78 is 0. The Morgan fingerprint density at radius 3 is 2.42 bits per heavy atom. The van der Waals surface area contributed by atoms with E-state index in [1.807, 2.05) is 60.7 Å². The van der Waals surface area contributed by atoms with Crippen LogP contribution < -0.4 is 11.1 Å². The van der Waals surface area contributed by atoms with Crippen LogP contribution in [0.3, 0.4) is 0 Å². The average molecular weight is 249 g/mol. The molecule has 2 rings (SSSR count). The molecule has 1 unspecified atom stereocenters. The van der Waals surface area contributed by atoms with Crippen LogP contribution in [0, 0.1) is 11.3 Å². The fourth-order valence-electron chi connectivity index (χ4n) is 1.69. The van der Waals surface area contributed by atoms with E-state index in [0.29, 0.717) is 5.69 Å². The largest absolute Gasteiger partial charge is 0.397 e. The third-order valence-corrected chi connectivity index (χ3v) is 2.69. The molecule has 0 aliphatic rings. The van der Waals surface area contributed by atoms with Gasteiger partial charge in [-0.25, -0.2) is 0 Å². The lowest BCUT2D eigenvalue weighted by Gasteiger charge is -2.11. The number of hydrogen-bond acceptors (Lipinski definition) is 3. The number of nitriles is 1. The Kier molecular flexibility index (Phi) is 4.20. The first-order chi connectivity index (χ1) is 9.29. The van der Waals surface area contributed by atoms with Gasteiger partial charge in [0, 0.05) is 0 Å². The molecule has 0 spiro atoms. The van der Waals surface area contributed by atoms with Crippen LogP contribution in [0.25, 0.3) is 6.08 Å². The molecule has 0 bridgehead atoms. The molecule has 0 aliphatic carbocycles. The van der Waals surface area contributed by atoms with Crippen molar-refractivity contribution >= 4 is 17.5 Å². The van der Waals surface area contributed by atoms with Crippen molar-refractivity contribution in [3.8, 4) is 6.07 Å². The standard InChI is InChI=1S/C16H15N3/c17-12-14(11-10-13-6-2-1-3-7-13)19-16-9-5-4-8-15(16)18/h1-11,14,19H,18H2. The lowest BCUT2D eigenvalue weighted by atomic mass is 10.1. The third-order valence-electron chi connectivity index (χ3n) is 2.69. The number of hydrogen-bond donors (Lipinski definition) is 2. The third kappa shape index (κ3) is 3.62. The van der Waals surface area contributed by atoms with Gasteiger partial charge in [-0.15, -0.1) is 0 Å². The monoisotopic (exact) mass is 249 g/mol. The van der Waals surface area contributed by atoms with E-state index in [9.17, 15) is 0 Å². The van der Waals surface area contributed by atoms with Gasteiger partial charge in [0.05, 0.1) is 17.4 Å². The Morgan fingerprint density at radius 2 is 1.74 bits per heavy atom. The van der Waals surface area contributed by atoms with Gasteiger partial charge in [0.2, 0.25) is 0 Å². The van der Waals surface area contributed by atoms with Crippen LogP contribution in [0.15, 0.2) is 60.7 Å². The van der Waals surface area contributed by atoms with Gasteiger partial charge in [0.1, 0.15) is 6.04 Å². The smallest absolute Gasteiger partial charge is 0.133 e. The molecular formula is C16H15N3. The van der Waals surface area contributed by atoms with Gasteiger partial charge >= 0.3 is 0 Å². The van der Waals surface area contributed by atoms with Crippen LogP contribution in [-0.4, -0.2) is 6.04 Å². The highest BCUT2D eigenvalue weighted by molar-refractivity contribution is 5.67. The van der Waals surface area contributed by atoms with E-state index in [0.717, 1.165) is 11.3 Å². The van der Waals surface area contributed by atoms with E-state index in [-0.39, 0.29) is 0 Å². The molecule has 0 saturated carbocycles. The minimum Gasteiger partial charge on any atom is -0.397 e. The minimum atomic E-state index is -0.412. The molecule has 0 heterocycles. The highest BCUT2D eigenvalue weighted by Gasteiger charge is 2.04. The second-order valence-corrected chi connectivity index (χ2v) is 4.11. The van der Waals surface area contributed by atoms with Gasteiger partial charge in [-0.2, -0.15) is 5.26 Å². The molecule has 0 aromatic heterocycles. The summed E-state index contributed by atoms with van der Waals surface area (Å²) in [6.45, 7) is 0. The molecule has 2 aromatic carbocycles. The van der Waals surface area contributed by atoms with Gasteiger partial charge in [-0.05, 0) is 23.8 Å². The van der Waals surface area contributed by atoms with Crippen LogP contribution in [0.5, 0.6) is 0 Å². The SMILES string of the molecule is N#CC(C=Cc1ccccc1)Nc1ccccc1N. The predicted molar refractivity (Wildman–Crippen MR) is 79.4 cm³/mol. The van der Waals surface area contributed by atoms with Gasteiger partial charge < -0.3 is 11.1 Å². The van der Waals surface area contributed by atoms with Crippen LogP contribution in [0.2, 0.25) is 0 Å². The van der Waals surface area contributed by atoms with Gasteiger partial charge in [-0.1, -0.05) is 48.5 Å². The van der Waals surface area contributed by atoms with E-state index >= 15 is 0 Å². The molecule has 2 aromatic rings. The number of nitrogen functional groups attached to an aromatic ring is 1. The minimum absolute atomic E-state index is 0.412. The number of nitrogens with one attached hydrogen (secondary N) is 1. The zero-order chi connectivity index (χ0) is 13.5. The molecule has 0 aliphatic heterocycles. The quantitative estimate of drug-likeness (QED) is 0.817. The number of nitrogens with zero attached hydrogens (tertiary/aromatic N) is 1. The van der Waals surface area contributed by atoms with Crippen molar-refractivity contribution in [2.45, 2.75) is 6.04 Å². The van der Waals surface area contributed by atoms with Crippen LogP contribution >= 0.6 is 0 Å². The maximum Gasteiger partial charge on any atom is 0.133 e. The zero-order valence-corrected chi connectivity index (χ0v) is 10.5. The summed E-state index contributed by atoms with van der Waals surface area (Å²) in [7, 11) is 0. The Bertz CT molecular complexity index is 597. The molecule has 0 fully saturated rings. The number of benzene rings is 2. The van der Waals surface area contributed by atoms with Gasteiger partial charge in [0.15, 0.2) is 0 Å². The van der Waals surface area contributed by atoms with E-state index < -0.39 is 6.04 Å². The Hall–Kier alpha value is -2.73. The van der Waals surface area contributed by atoms with Crippen LogP contribution in [-0.2, 0) is 0 Å². The number of nitrogens with two attached hydrogens (primary N) is 1. The van der Waals surface area contributed by atoms with Crippen molar-refractivity contribution in [3.05, 3.63) is 66.2 Å². The first-order valence-electron chi connectivity index (χ1n) is 6.03. The topological polar surface area (TPSA) is 61.8 Å². The first kappa shape index (κ1) is 12.7. The number of para-hydroxylation sites is 2. The lowest BCUT2D eigenvalue weighted by Crippen LogP contribution is -2.14. The molecule has 19 heavy (non-hydrogen) atoms. The summed E-state index contributed by atoms with van der Waals surface area (Å²) in [6.07, 6.45) is 3.74. The second-order valence-electron chi connectivity index (χ2n) is 4.11. The van der Waals surface area contributed by atoms with Crippen molar-refractivity contribution in [2.24, 2.45) is 0 Å². The molecule has 94 valence electrons. The molecule has 0 saturated heterocycles. The summed E-state index contributed by atoms with van der Waals surface area (Å²) in [5.74, 6) is 0. The van der Waals surface area contributed by atoms with E-state index in [1.165, 1.54) is 0 Å². The molecule has 0 radical (unpaired) electrons. The van der Waals surface area contributed by atoms with Crippen molar-refractivity contribution in [1.82, 2.24) is 0 Å². The number of anilines is 2. The average Bonchev–Trinajstić information content (AvgIpc) is 2.46. The van der Waals surface area contributed by atoms with Crippen molar-refractivity contribution in [1.29, 1.82) is 5.26 Å². The zero-order valence-electron chi connectivity index (χ0n) is 10.5.